The van der Waals surface area contributed by atoms with Gasteiger partial charge in [-0.2, -0.15) is 0 Å². The summed E-state index contributed by atoms with van der Waals surface area (Å²) in [5, 5.41) is 14.7. The average molecular weight is 360 g/mol. The predicted octanol–water partition coefficient (Wildman–Crippen LogP) is -0.896. The van der Waals surface area contributed by atoms with Crippen molar-refractivity contribution in [2.75, 3.05) is 19.7 Å². The van der Waals surface area contributed by atoms with E-state index >= 15 is 0 Å². The first-order valence-corrected chi connectivity index (χ1v) is 8.81. The van der Waals surface area contributed by atoms with Gasteiger partial charge in [-0.1, -0.05) is 12.1 Å². The number of rotatable bonds is 7. The van der Waals surface area contributed by atoms with E-state index in [0.29, 0.717) is 38.2 Å². The zero-order chi connectivity index (χ0) is 18.7. The minimum Gasteiger partial charge on any atom is -0.396 e. The van der Waals surface area contributed by atoms with Crippen LogP contribution in [0.4, 0.5) is 0 Å². The quantitative estimate of drug-likeness (QED) is 0.467. The van der Waals surface area contributed by atoms with Crippen LogP contribution in [0.5, 0.6) is 0 Å². The van der Waals surface area contributed by atoms with Crippen LogP contribution in [-0.2, 0) is 22.7 Å². The van der Waals surface area contributed by atoms with Crippen molar-refractivity contribution >= 4 is 17.7 Å². The Balaban J connectivity index is 1.64. The lowest BCUT2D eigenvalue weighted by Crippen LogP contribution is -2.52. The molecule has 0 saturated carbocycles. The number of carbonyl (C=O) groups is 3. The Kier molecular flexibility index (Phi) is 5.65. The van der Waals surface area contributed by atoms with Gasteiger partial charge in [0.15, 0.2) is 0 Å². The highest BCUT2D eigenvalue weighted by Gasteiger charge is 2.38. The Hall–Kier alpha value is -2.29. The fourth-order valence-electron chi connectivity index (χ4n) is 3.38. The molecule has 0 aliphatic carbocycles. The summed E-state index contributed by atoms with van der Waals surface area (Å²) < 4.78 is 0. The number of hydrogen-bond acceptors (Lipinski definition) is 6. The van der Waals surface area contributed by atoms with Gasteiger partial charge >= 0.3 is 0 Å². The second-order valence-electron chi connectivity index (χ2n) is 6.81. The van der Waals surface area contributed by atoms with Crippen LogP contribution in [0.25, 0.3) is 0 Å². The molecule has 1 aromatic rings. The maximum atomic E-state index is 12.6. The van der Waals surface area contributed by atoms with Crippen molar-refractivity contribution < 1.29 is 19.5 Å². The van der Waals surface area contributed by atoms with Crippen molar-refractivity contribution in [3.63, 3.8) is 0 Å². The molecule has 2 unspecified atom stereocenters. The Bertz CT molecular complexity index is 717. The molecule has 1 fully saturated rings. The van der Waals surface area contributed by atoms with Crippen molar-refractivity contribution in [2.45, 2.75) is 32.0 Å². The molecule has 140 valence electrons. The molecule has 0 aromatic heterocycles. The molecule has 2 atom stereocenters. The van der Waals surface area contributed by atoms with Crippen LogP contribution in [0.3, 0.4) is 0 Å². The van der Waals surface area contributed by atoms with Crippen LogP contribution < -0.4 is 16.4 Å². The summed E-state index contributed by atoms with van der Waals surface area (Å²) in [4.78, 5) is 37.5. The molecule has 1 saturated heterocycles. The topological polar surface area (TPSA) is 125 Å². The standard InChI is InChI=1S/C18H24N4O4/c19-6-12(10-23)8-20-7-11-1-2-14-13(5-11)9-22(18(14)26)15-3-4-16(24)21-17(15)25/h1-2,5,12,15,20,23H,3-4,6-10,19H2,(H,21,24,25). The maximum Gasteiger partial charge on any atom is 0.255 e. The molecule has 3 rings (SSSR count). The third-order valence-electron chi connectivity index (χ3n) is 4.94. The van der Waals surface area contributed by atoms with E-state index in [-0.39, 0.29) is 30.8 Å². The molecule has 0 bridgehead atoms. The first-order valence-electron chi connectivity index (χ1n) is 8.81. The highest BCUT2D eigenvalue weighted by Crippen LogP contribution is 2.28. The van der Waals surface area contributed by atoms with Crippen molar-refractivity contribution in [1.29, 1.82) is 0 Å². The van der Waals surface area contributed by atoms with E-state index in [0.717, 1.165) is 11.1 Å². The van der Waals surface area contributed by atoms with Gasteiger partial charge in [0.05, 0.1) is 0 Å². The van der Waals surface area contributed by atoms with E-state index in [4.69, 9.17) is 10.8 Å². The van der Waals surface area contributed by atoms with Gasteiger partial charge in [-0.15, -0.1) is 0 Å². The number of nitrogens with zero attached hydrogens (tertiary/aromatic N) is 1. The fraction of sp³-hybridized carbons (Fsp3) is 0.500. The number of fused-ring (bicyclic) bond motifs is 1. The highest BCUT2D eigenvalue weighted by molar-refractivity contribution is 6.05. The largest absolute Gasteiger partial charge is 0.396 e. The molecule has 1 aromatic carbocycles. The smallest absolute Gasteiger partial charge is 0.255 e. The number of benzene rings is 1. The van der Waals surface area contributed by atoms with Gasteiger partial charge in [0.2, 0.25) is 11.8 Å². The van der Waals surface area contributed by atoms with Crippen LogP contribution in [0.2, 0.25) is 0 Å². The number of nitrogens with two attached hydrogens (primary N) is 1. The number of amides is 3. The van der Waals surface area contributed by atoms with Gasteiger partial charge in [-0.05, 0) is 30.2 Å². The Labute approximate surface area is 151 Å². The number of imide groups is 1. The van der Waals surface area contributed by atoms with Gasteiger partial charge in [0, 0.05) is 44.1 Å². The summed E-state index contributed by atoms with van der Waals surface area (Å²) in [7, 11) is 0. The van der Waals surface area contributed by atoms with Crippen LogP contribution in [0, 0.1) is 5.92 Å². The number of nitrogens with one attached hydrogen (secondary N) is 2. The molecule has 5 N–H and O–H groups in total. The first kappa shape index (κ1) is 18.5. The third-order valence-corrected chi connectivity index (χ3v) is 4.94. The number of piperidine rings is 1. The molecule has 2 aliphatic heterocycles. The zero-order valence-electron chi connectivity index (χ0n) is 14.5. The van der Waals surface area contributed by atoms with Crippen molar-refractivity contribution in [3.05, 3.63) is 34.9 Å². The second-order valence-corrected chi connectivity index (χ2v) is 6.81. The van der Waals surface area contributed by atoms with Crippen molar-refractivity contribution in [2.24, 2.45) is 11.7 Å². The van der Waals surface area contributed by atoms with Crippen LogP contribution in [0.1, 0.15) is 34.3 Å². The molecular weight excluding hydrogens is 336 g/mol. The minimum atomic E-state index is -0.593. The Morgan fingerprint density at radius 3 is 2.85 bits per heavy atom. The van der Waals surface area contributed by atoms with Gasteiger partial charge in [0.25, 0.3) is 5.91 Å². The average Bonchev–Trinajstić information content (AvgIpc) is 2.95. The molecule has 26 heavy (non-hydrogen) atoms. The zero-order valence-corrected chi connectivity index (χ0v) is 14.5. The summed E-state index contributed by atoms with van der Waals surface area (Å²) in [5.41, 5.74) is 8.08. The summed E-state index contributed by atoms with van der Waals surface area (Å²) in [6.45, 7) is 2.06. The Morgan fingerprint density at radius 1 is 1.35 bits per heavy atom. The number of aliphatic hydroxyl groups excluding tert-OH is 1. The van der Waals surface area contributed by atoms with E-state index in [1.54, 1.807) is 11.0 Å². The van der Waals surface area contributed by atoms with Crippen LogP contribution >= 0.6 is 0 Å². The van der Waals surface area contributed by atoms with E-state index < -0.39 is 11.9 Å². The molecule has 0 radical (unpaired) electrons. The maximum absolute atomic E-state index is 12.6. The van der Waals surface area contributed by atoms with E-state index in [1.165, 1.54) is 0 Å². The fourth-order valence-corrected chi connectivity index (χ4v) is 3.38. The Morgan fingerprint density at radius 2 is 2.15 bits per heavy atom. The summed E-state index contributed by atoms with van der Waals surface area (Å²) in [5.74, 6) is -0.838. The van der Waals surface area contributed by atoms with Crippen molar-refractivity contribution in [3.8, 4) is 0 Å². The second kappa shape index (κ2) is 7.94. The molecule has 8 nitrogen and oxygen atoms in total. The molecule has 3 amide bonds. The number of hydrogen-bond donors (Lipinski definition) is 4. The lowest BCUT2D eigenvalue weighted by molar-refractivity contribution is -0.136. The SMILES string of the molecule is NCC(CO)CNCc1ccc2c(c1)CN(C1CCC(=O)NC1=O)C2=O. The van der Waals surface area contributed by atoms with Crippen LogP contribution in [-0.4, -0.2) is 53.5 Å². The summed E-state index contributed by atoms with van der Waals surface area (Å²) in [6.07, 6.45) is 0.610. The monoisotopic (exact) mass is 360 g/mol. The van der Waals surface area contributed by atoms with Crippen LogP contribution in [0.15, 0.2) is 18.2 Å². The normalized spacial score (nSPS) is 20.9. The molecule has 2 aliphatic rings. The number of aliphatic hydroxyl groups is 1. The van der Waals surface area contributed by atoms with Gasteiger partial charge in [0.1, 0.15) is 6.04 Å². The molecule has 0 spiro atoms. The van der Waals surface area contributed by atoms with E-state index in [9.17, 15) is 14.4 Å². The lowest BCUT2D eigenvalue weighted by atomic mass is 10.0. The third kappa shape index (κ3) is 3.77. The lowest BCUT2D eigenvalue weighted by Gasteiger charge is -2.29. The van der Waals surface area contributed by atoms with Gasteiger partial charge in [-0.3, -0.25) is 19.7 Å². The first-order chi connectivity index (χ1) is 12.5. The number of carbonyl (C=O) groups excluding carboxylic acids is 3. The summed E-state index contributed by atoms with van der Waals surface area (Å²) >= 11 is 0. The van der Waals surface area contributed by atoms with Gasteiger partial charge in [-0.25, -0.2) is 0 Å². The van der Waals surface area contributed by atoms with Gasteiger partial charge < -0.3 is 21.1 Å². The summed E-state index contributed by atoms with van der Waals surface area (Å²) in [6, 6.07) is 5.04. The molecular formula is C18H24N4O4. The minimum absolute atomic E-state index is 0.0222. The molecule has 2 heterocycles. The van der Waals surface area contributed by atoms with E-state index in [1.807, 2.05) is 12.1 Å². The highest BCUT2D eigenvalue weighted by atomic mass is 16.3. The predicted molar refractivity (Wildman–Crippen MR) is 93.8 cm³/mol. The van der Waals surface area contributed by atoms with Crippen molar-refractivity contribution in [1.82, 2.24) is 15.5 Å². The molecule has 8 heteroatoms. The van der Waals surface area contributed by atoms with E-state index in [2.05, 4.69) is 10.6 Å².